The summed E-state index contributed by atoms with van der Waals surface area (Å²) in [6.07, 6.45) is 0. The van der Waals surface area contributed by atoms with E-state index < -0.39 is 14.8 Å². The van der Waals surface area contributed by atoms with E-state index >= 15 is 0 Å². The monoisotopic (exact) mass is 249 g/mol. The Balaban J connectivity index is 4.48. The summed E-state index contributed by atoms with van der Waals surface area (Å²) in [5.41, 5.74) is 13.2. The number of primary amides is 1. The molecule has 0 atom stereocenters. The van der Waals surface area contributed by atoms with Crippen molar-refractivity contribution in [2.75, 3.05) is 27.9 Å². The van der Waals surface area contributed by atoms with Crippen molar-refractivity contribution in [2.45, 2.75) is 6.04 Å². The zero-order chi connectivity index (χ0) is 12.6. The van der Waals surface area contributed by atoms with Crippen LogP contribution >= 0.6 is 0 Å². The van der Waals surface area contributed by atoms with E-state index in [1.807, 2.05) is 0 Å². The number of carbonyl (C=O) groups is 1. The Kier molecular flexibility index (Phi) is 6.45. The van der Waals surface area contributed by atoms with E-state index in [0.717, 1.165) is 5.01 Å². The number of carbonyl (C=O) groups excluding carboxylic acids is 1. The predicted octanol–water partition coefficient (Wildman–Crippen LogP) is 0.471. The van der Waals surface area contributed by atoms with Crippen LogP contribution in [0.4, 0.5) is 4.79 Å². The Morgan fingerprint density at radius 3 is 2.25 bits per heavy atom. The van der Waals surface area contributed by atoms with Crippen molar-refractivity contribution >= 4 is 14.8 Å². The fourth-order valence-corrected chi connectivity index (χ4v) is 2.64. The number of amides is 2. The lowest BCUT2D eigenvalue weighted by Crippen LogP contribution is -2.46. The quantitative estimate of drug-likeness (QED) is 0.231. The first-order valence-electron chi connectivity index (χ1n) is 4.32. The zero-order valence-corrected chi connectivity index (χ0v) is 10.4. The summed E-state index contributed by atoms with van der Waals surface area (Å²) in [6.45, 7) is 0.0706. The van der Waals surface area contributed by atoms with E-state index in [0.29, 0.717) is 0 Å². The molecule has 0 fully saturated rings. The van der Waals surface area contributed by atoms with E-state index in [4.69, 9.17) is 24.5 Å². The van der Waals surface area contributed by atoms with Gasteiger partial charge in [0.1, 0.15) is 6.54 Å². The largest absolute Gasteiger partial charge is 0.504 e. The van der Waals surface area contributed by atoms with Crippen LogP contribution in [-0.2, 0) is 13.3 Å². The van der Waals surface area contributed by atoms with Gasteiger partial charge in [-0.15, -0.1) is 5.53 Å². The second kappa shape index (κ2) is 7.03. The van der Waals surface area contributed by atoms with Crippen molar-refractivity contribution in [3.63, 3.8) is 0 Å². The van der Waals surface area contributed by atoms with Gasteiger partial charge in [0.15, 0.2) is 0 Å². The molecule has 9 nitrogen and oxygen atoms in total. The number of nitrogens with two attached hydrogens (primary N) is 1. The molecule has 0 bridgehead atoms. The molecular formula is C6H15N5O4Si. The molecular weight excluding hydrogens is 234 g/mol. The maximum absolute atomic E-state index is 10.8. The van der Waals surface area contributed by atoms with Gasteiger partial charge in [-0.2, -0.15) is 9.92 Å². The van der Waals surface area contributed by atoms with Crippen LogP contribution in [0, 0.1) is 0 Å². The van der Waals surface area contributed by atoms with Crippen molar-refractivity contribution in [2.24, 2.45) is 11.0 Å². The van der Waals surface area contributed by atoms with E-state index in [9.17, 15) is 4.79 Å². The highest BCUT2D eigenvalue weighted by Crippen LogP contribution is 2.13. The lowest BCUT2D eigenvalue weighted by molar-refractivity contribution is 0.120. The molecule has 0 aromatic rings. The minimum absolute atomic E-state index is 0.0706. The summed E-state index contributed by atoms with van der Waals surface area (Å²) in [7, 11) is 1.55. The van der Waals surface area contributed by atoms with Crippen molar-refractivity contribution in [3.8, 4) is 0 Å². The summed E-state index contributed by atoms with van der Waals surface area (Å²) >= 11 is 0. The molecule has 0 heterocycles. The van der Waals surface area contributed by atoms with Crippen LogP contribution in [0.2, 0.25) is 6.04 Å². The number of urea groups is 1. The number of rotatable bonds is 7. The summed E-state index contributed by atoms with van der Waals surface area (Å²) in [4.78, 5) is 13.3. The third-order valence-electron chi connectivity index (χ3n) is 1.97. The first kappa shape index (κ1) is 14.7. The van der Waals surface area contributed by atoms with Crippen LogP contribution in [-0.4, -0.2) is 47.7 Å². The van der Waals surface area contributed by atoms with Gasteiger partial charge in [0.25, 0.3) is 0 Å². The van der Waals surface area contributed by atoms with Gasteiger partial charge in [-0.3, -0.25) is 0 Å². The van der Waals surface area contributed by atoms with Crippen molar-refractivity contribution < 1.29 is 18.1 Å². The molecule has 0 aliphatic heterocycles. The summed E-state index contributed by atoms with van der Waals surface area (Å²) in [5, 5.41) is 3.90. The lowest BCUT2D eigenvalue weighted by atomic mass is 10.7. The topological polar surface area (TPSA) is 123 Å². The molecule has 2 N–H and O–H groups in total. The van der Waals surface area contributed by atoms with Gasteiger partial charge in [-0.05, 0) is 5.22 Å². The van der Waals surface area contributed by atoms with Crippen LogP contribution in [0.15, 0.2) is 5.22 Å². The van der Waals surface area contributed by atoms with E-state index in [-0.39, 0.29) is 12.6 Å². The lowest BCUT2D eigenvalue weighted by Gasteiger charge is -2.24. The molecule has 0 rings (SSSR count). The molecule has 0 aliphatic carbocycles. The van der Waals surface area contributed by atoms with Crippen LogP contribution in [0.5, 0.6) is 0 Å². The Morgan fingerprint density at radius 1 is 1.44 bits per heavy atom. The second-order valence-corrected chi connectivity index (χ2v) is 5.78. The Morgan fingerprint density at radius 2 is 1.94 bits per heavy atom. The van der Waals surface area contributed by atoms with Crippen molar-refractivity contribution in [3.05, 3.63) is 10.4 Å². The van der Waals surface area contributed by atoms with Gasteiger partial charge >= 0.3 is 14.8 Å². The second-order valence-electron chi connectivity index (χ2n) is 2.69. The Labute approximate surface area is 94.0 Å². The summed E-state index contributed by atoms with van der Waals surface area (Å²) in [5.74, 6) is 0. The standard InChI is InChI=1S/C6H15N5O4Si/c1-13-16(14-2,15-3)5-4-11(6(7)12)10-9-8/h4-5H2,1-3H3,(H2,7,12). The molecule has 0 saturated heterocycles. The third kappa shape index (κ3) is 4.04. The first-order valence-corrected chi connectivity index (χ1v) is 6.26. The van der Waals surface area contributed by atoms with E-state index in [1.54, 1.807) is 0 Å². The molecule has 0 saturated carbocycles. The van der Waals surface area contributed by atoms with Crippen molar-refractivity contribution in [1.29, 1.82) is 0 Å². The molecule has 2 amide bonds. The van der Waals surface area contributed by atoms with Crippen LogP contribution < -0.4 is 5.73 Å². The van der Waals surface area contributed by atoms with Gasteiger partial charge < -0.3 is 19.0 Å². The zero-order valence-electron chi connectivity index (χ0n) is 9.41. The predicted molar refractivity (Wildman–Crippen MR) is 57.0 cm³/mol. The molecule has 0 radical (unpaired) electrons. The molecule has 0 spiro atoms. The first-order chi connectivity index (χ1) is 7.55. The van der Waals surface area contributed by atoms with Gasteiger partial charge in [0.2, 0.25) is 0 Å². The van der Waals surface area contributed by atoms with Gasteiger partial charge in [0, 0.05) is 21.3 Å². The highest BCUT2D eigenvalue weighted by atomic mass is 28.4. The smallest absolute Gasteiger partial charge is 0.377 e. The van der Waals surface area contributed by atoms with Gasteiger partial charge in [0.05, 0.1) is 6.04 Å². The SMILES string of the molecule is CO[Si](CCN(N=[N+]=[N-])C(N)=O)(OC)OC. The minimum atomic E-state index is -2.79. The van der Waals surface area contributed by atoms with E-state index in [1.165, 1.54) is 21.3 Å². The highest BCUT2D eigenvalue weighted by Gasteiger charge is 2.39. The third-order valence-corrected chi connectivity index (χ3v) is 4.67. The summed E-state index contributed by atoms with van der Waals surface area (Å²) < 4.78 is 15.4. The molecule has 10 heteroatoms. The molecule has 0 unspecified atom stereocenters. The van der Waals surface area contributed by atoms with E-state index in [2.05, 4.69) is 10.1 Å². The van der Waals surface area contributed by atoms with Crippen LogP contribution in [0.25, 0.3) is 10.4 Å². The number of hydrogen-bond donors (Lipinski definition) is 1. The fraction of sp³-hybridized carbons (Fsp3) is 0.833. The minimum Gasteiger partial charge on any atom is -0.377 e. The average molecular weight is 249 g/mol. The molecule has 0 aliphatic rings. The van der Waals surface area contributed by atoms with Crippen molar-refractivity contribution in [1.82, 2.24) is 5.01 Å². The Bertz CT molecular complexity index is 268. The average Bonchev–Trinajstić information content (AvgIpc) is 2.29. The number of azide groups is 1. The maximum atomic E-state index is 10.8. The number of nitrogens with zero attached hydrogens (tertiary/aromatic N) is 4. The van der Waals surface area contributed by atoms with Gasteiger partial charge in [-0.1, -0.05) is 0 Å². The molecule has 0 aromatic heterocycles. The maximum Gasteiger partial charge on any atom is 0.504 e. The van der Waals surface area contributed by atoms with Gasteiger partial charge in [-0.25, -0.2) is 4.79 Å². The van der Waals surface area contributed by atoms with Crippen LogP contribution in [0.1, 0.15) is 0 Å². The Hall–Kier alpha value is -1.32. The summed E-state index contributed by atoms with van der Waals surface area (Å²) in [6, 6.07) is -0.567. The molecule has 0 aromatic carbocycles. The highest BCUT2D eigenvalue weighted by molar-refractivity contribution is 6.60. The normalized spacial score (nSPS) is 10.7. The molecule has 16 heavy (non-hydrogen) atoms. The number of hydrogen-bond acceptors (Lipinski definition) is 5. The molecule has 92 valence electrons. The fourth-order valence-electron chi connectivity index (χ4n) is 1.05. The van der Waals surface area contributed by atoms with Crippen LogP contribution in [0.3, 0.4) is 0 Å².